The maximum atomic E-state index is 13.1. The average molecular weight is 431 g/mol. The Bertz CT molecular complexity index is 935. The monoisotopic (exact) mass is 430 g/mol. The van der Waals surface area contributed by atoms with Crippen LogP contribution in [0.3, 0.4) is 0 Å². The molecule has 0 radical (unpaired) electrons. The summed E-state index contributed by atoms with van der Waals surface area (Å²) in [6, 6.07) is 7.48. The van der Waals surface area contributed by atoms with Gasteiger partial charge in [0.05, 0.1) is 41.1 Å². The topological polar surface area (TPSA) is 98.9 Å². The molecule has 0 spiro atoms. The Hall–Kier alpha value is -2.74. The van der Waals surface area contributed by atoms with E-state index in [-0.39, 0.29) is 29.5 Å². The third-order valence-electron chi connectivity index (χ3n) is 5.15. The highest BCUT2D eigenvalue weighted by molar-refractivity contribution is 8.04. The summed E-state index contributed by atoms with van der Waals surface area (Å²) >= 11 is 1.24. The zero-order chi connectivity index (χ0) is 22.0. The molecule has 1 aromatic carbocycles. The lowest BCUT2D eigenvalue weighted by Crippen LogP contribution is -2.40. The molecule has 2 heterocycles. The minimum Gasteiger partial charge on any atom is -0.466 e. The normalized spacial score (nSPS) is 21.1. The molecule has 0 aliphatic carbocycles. The first-order valence-electron chi connectivity index (χ1n) is 9.88. The molecule has 0 saturated carbocycles. The van der Waals surface area contributed by atoms with Crippen molar-refractivity contribution in [3.8, 4) is 0 Å². The second-order valence-corrected chi connectivity index (χ2v) is 8.61. The lowest BCUT2D eigenvalue weighted by atomic mass is 9.82. The van der Waals surface area contributed by atoms with Gasteiger partial charge in [-0.25, -0.2) is 9.59 Å². The quantitative estimate of drug-likeness (QED) is 0.547. The van der Waals surface area contributed by atoms with Gasteiger partial charge in [-0.1, -0.05) is 54.9 Å². The van der Waals surface area contributed by atoms with E-state index in [1.165, 1.54) is 23.8 Å². The van der Waals surface area contributed by atoms with Gasteiger partial charge < -0.3 is 15.2 Å². The van der Waals surface area contributed by atoms with Crippen LogP contribution in [0.15, 0.2) is 46.3 Å². The molecule has 2 atom stereocenters. The summed E-state index contributed by atoms with van der Waals surface area (Å²) in [5, 5.41) is -0.0279. The van der Waals surface area contributed by atoms with Crippen LogP contribution in [0, 0.1) is 6.92 Å². The van der Waals surface area contributed by atoms with Crippen LogP contribution < -0.4 is 5.73 Å². The number of methoxy groups -OCH3 is 1. The van der Waals surface area contributed by atoms with Gasteiger partial charge in [0.2, 0.25) is 5.91 Å². The first-order valence-corrected chi connectivity index (χ1v) is 10.8. The minimum absolute atomic E-state index is 0.00609. The van der Waals surface area contributed by atoms with Gasteiger partial charge in [0.1, 0.15) is 5.82 Å². The van der Waals surface area contributed by atoms with E-state index in [4.69, 9.17) is 15.2 Å². The lowest BCUT2D eigenvalue weighted by Gasteiger charge is -2.33. The second-order valence-electron chi connectivity index (χ2n) is 7.28. The van der Waals surface area contributed by atoms with E-state index < -0.39 is 23.1 Å². The molecule has 3 rings (SSSR count). The number of hydrogen-bond donors (Lipinski definition) is 1. The highest BCUT2D eigenvalue weighted by Crippen LogP contribution is 2.49. The molecule has 160 valence electrons. The van der Waals surface area contributed by atoms with Gasteiger partial charge in [-0.3, -0.25) is 9.69 Å². The summed E-state index contributed by atoms with van der Waals surface area (Å²) in [7, 11) is 1.28. The van der Waals surface area contributed by atoms with E-state index in [9.17, 15) is 14.4 Å². The zero-order valence-corrected chi connectivity index (χ0v) is 18.4. The molecule has 0 aromatic heterocycles. The van der Waals surface area contributed by atoms with Crippen molar-refractivity contribution in [1.82, 2.24) is 4.90 Å². The summed E-state index contributed by atoms with van der Waals surface area (Å²) in [4.78, 5) is 40.0. The standard InChI is InChI=1S/C22H26N2O5S/c1-5-6-11-29-22(27)16-15(14-9-7-12(2)8-10-14)17(21(26)28-4)20-24(18(16)23)19(25)13(3)30-20/h7-10,13,15H,5-6,11,23H2,1-4H3. The van der Waals surface area contributed by atoms with Gasteiger partial charge in [0.15, 0.2) is 0 Å². The number of fused-ring (bicyclic) bond motifs is 1. The molecule has 2 aliphatic rings. The number of benzene rings is 1. The number of amides is 1. The number of thioether (sulfide) groups is 1. The van der Waals surface area contributed by atoms with Crippen molar-refractivity contribution in [2.24, 2.45) is 5.73 Å². The Labute approximate surface area is 180 Å². The van der Waals surface area contributed by atoms with Gasteiger partial charge in [-0.05, 0) is 25.8 Å². The number of rotatable bonds is 6. The van der Waals surface area contributed by atoms with Gasteiger partial charge in [0.25, 0.3) is 0 Å². The molecule has 0 bridgehead atoms. The number of ether oxygens (including phenoxy) is 2. The van der Waals surface area contributed by atoms with Crippen LogP contribution in [0.1, 0.15) is 43.7 Å². The first-order chi connectivity index (χ1) is 14.3. The summed E-state index contributed by atoms with van der Waals surface area (Å²) in [6.07, 6.45) is 1.56. The molecule has 7 nitrogen and oxygen atoms in total. The van der Waals surface area contributed by atoms with Gasteiger partial charge in [0, 0.05) is 0 Å². The summed E-state index contributed by atoms with van der Waals surface area (Å²) in [5.41, 5.74) is 8.41. The van der Waals surface area contributed by atoms with E-state index >= 15 is 0 Å². The molecular formula is C22H26N2O5S. The first kappa shape index (κ1) is 22.0. The number of carbonyl (C=O) groups excluding carboxylic acids is 3. The molecular weight excluding hydrogens is 404 g/mol. The lowest BCUT2D eigenvalue weighted by molar-refractivity contribution is -0.139. The predicted octanol–water partition coefficient (Wildman–Crippen LogP) is 2.95. The largest absolute Gasteiger partial charge is 0.466 e. The average Bonchev–Trinajstić information content (AvgIpc) is 3.02. The molecule has 30 heavy (non-hydrogen) atoms. The van der Waals surface area contributed by atoms with E-state index in [1.807, 2.05) is 38.1 Å². The van der Waals surface area contributed by atoms with Crippen molar-refractivity contribution in [1.29, 1.82) is 0 Å². The Kier molecular flexibility index (Phi) is 6.55. The number of nitrogens with two attached hydrogens (primary N) is 1. The van der Waals surface area contributed by atoms with Crippen LogP contribution >= 0.6 is 11.8 Å². The van der Waals surface area contributed by atoms with Crippen LogP contribution in [0.5, 0.6) is 0 Å². The molecule has 1 amide bonds. The Balaban J connectivity index is 2.21. The molecule has 1 fully saturated rings. The minimum atomic E-state index is -0.788. The SMILES string of the molecule is CCCCOC(=O)C1=C(N)N2C(=O)C(C)SC2=C(C(=O)OC)C1c1ccc(C)cc1. The smallest absolute Gasteiger partial charge is 0.338 e. The second kappa shape index (κ2) is 8.95. The highest BCUT2D eigenvalue weighted by atomic mass is 32.2. The van der Waals surface area contributed by atoms with Crippen molar-refractivity contribution < 1.29 is 23.9 Å². The maximum Gasteiger partial charge on any atom is 0.338 e. The van der Waals surface area contributed by atoms with Crippen LogP contribution in [0.25, 0.3) is 0 Å². The molecule has 2 unspecified atom stereocenters. The number of hydrogen-bond acceptors (Lipinski definition) is 7. The third kappa shape index (κ3) is 3.84. The highest BCUT2D eigenvalue weighted by Gasteiger charge is 2.48. The fourth-order valence-electron chi connectivity index (χ4n) is 3.52. The van der Waals surface area contributed by atoms with Crippen LogP contribution in [0.4, 0.5) is 0 Å². The van der Waals surface area contributed by atoms with E-state index in [0.717, 1.165) is 12.0 Å². The third-order valence-corrected chi connectivity index (χ3v) is 6.33. The molecule has 8 heteroatoms. The Morgan fingerprint density at radius 2 is 1.83 bits per heavy atom. The fourth-order valence-corrected chi connectivity index (χ4v) is 4.68. The fraction of sp³-hybridized carbons (Fsp3) is 0.409. The van der Waals surface area contributed by atoms with Crippen molar-refractivity contribution in [3.63, 3.8) is 0 Å². The molecule has 1 aromatic rings. The number of carbonyl (C=O) groups is 3. The van der Waals surface area contributed by atoms with Crippen molar-refractivity contribution >= 4 is 29.6 Å². The Morgan fingerprint density at radius 1 is 1.17 bits per heavy atom. The molecule has 2 aliphatic heterocycles. The predicted molar refractivity (Wildman–Crippen MR) is 114 cm³/mol. The molecule has 2 N–H and O–H groups in total. The Morgan fingerprint density at radius 3 is 2.43 bits per heavy atom. The van der Waals surface area contributed by atoms with Crippen molar-refractivity contribution in [2.75, 3.05) is 13.7 Å². The van der Waals surface area contributed by atoms with Crippen LogP contribution in [-0.2, 0) is 23.9 Å². The van der Waals surface area contributed by atoms with Crippen molar-refractivity contribution in [3.05, 3.63) is 57.4 Å². The number of esters is 2. The summed E-state index contributed by atoms with van der Waals surface area (Å²) in [6.45, 7) is 5.91. The van der Waals surface area contributed by atoms with E-state index in [0.29, 0.717) is 17.0 Å². The van der Waals surface area contributed by atoms with Gasteiger partial charge in [-0.15, -0.1) is 0 Å². The van der Waals surface area contributed by atoms with Gasteiger partial charge >= 0.3 is 11.9 Å². The number of unbranched alkanes of at least 4 members (excludes halogenated alkanes) is 1. The van der Waals surface area contributed by atoms with Crippen LogP contribution in [0.2, 0.25) is 0 Å². The number of nitrogens with zero attached hydrogens (tertiary/aromatic N) is 1. The zero-order valence-electron chi connectivity index (χ0n) is 17.6. The van der Waals surface area contributed by atoms with E-state index in [2.05, 4.69) is 0 Å². The summed E-state index contributed by atoms with van der Waals surface area (Å²) < 4.78 is 10.5. The van der Waals surface area contributed by atoms with Crippen molar-refractivity contribution in [2.45, 2.75) is 44.8 Å². The van der Waals surface area contributed by atoms with E-state index in [1.54, 1.807) is 6.92 Å². The van der Waals surface area contributed by atoms with Crippen LogP contribution in [-0.4, -0.2) is 41.7 Å². The number of aryl methyl sites for hydroxylation is 1. The van der Waals surface area contributed by atoms with Gasteiger partial charge in [-0.2, -0.15) is 0 Å². The molecule has 1 saturated heterocycles. The summed E-state index contributed by atoms with van der Waals surface area (Å²) in [5.74, 6) is -2.31. The maximum absolute atomic E-state index is 13.1.